The van der Waals surface area contributed by atoms with Crippen molar-refractivity contribution in [1.82, 2.24) is 14.8 Å². The molecule has 1 aromatic heterocycles. The van der Waals surface area contributed by atoms with Crippen LogP contribution in [0.3, 0.4) is 0 Å². The standard InChI is InChI=1S/C18H24FN3O4S/c1-13-17(14(2)26-21-13)12-27(23,24)20-11-18(22-6-8-25-9-7-22)15-4-3-5-16(19)10-15/h3-5,10,18,20H,6-9,11-12H2,1-2H3. The molecule has 9 heteroatoms. The molecule has 0 amide bonds. The number of benzene rings is 1. The number of nitrogens with zero attached hydrogens (tertiary/aromatic N) is 2. The minimum absolute atomic E-state index is 0.148. The molecular weight excluding hydrogens is 373 g/mol. The Balaban J connectivity index is 1.75. The molecule has 7 nitrogen and oxygen atoms in total. The van der Waals surface area contributed by atoms with Crippen molar-refractivity contribution >= 4 is 10.0 Å². The van der Waals surface area contributed by atoms with Gasteiger partial charge in [-0.25, -0.2) is 17.5 Å². The van der Waals surface area contributed by atoms with Crippen LogP contribution in [0, 0.1) is 19.7 Å². The van der Waals surface area contributed by atoms with E-state index in [-0.39, 0.29) is 24.2 Å². The van der Waals surface area contributed by atoms with E-state index in [0.717, 1.165) is 5.56 Å². The largest absolute Gasteiger partial charge is 0.379 e. The molecule has 27 heavy (non-hydrogen) atoms. The summed E-state index contributed by atoms with van der Waals surface area (Å²) in [5.41, 5.74) is 1.86. The zero-order valence-electron chi connectivity index (χ0n) is 15.4. The van der Waals surface area contributed by atoms with Crippen LogP contribution in [0.1, 0.15) is 28.6 Å². The highest BCUT2D eigenvalue weighted by atomic mass is 32.2. The first kappa shape index (κ1) is 19.9. The van der Waals surface area contributed by atoms with E-state index in [4.69, 9.17) is 9.26 Å². The number of aromatic nitrogens is 1. The quantitative estimate of drug-likeness (QED) is 0.768. The predicted octanol–water partition coefficient (Wildman–Crippen LogP) is 1.92. The number of ether oxygens (including phenoxy) is 1. The van der Waals surface area contributed by atoms with Gasteiger partial charge in [0.15, 0.2) is 0 Å². The van der Waals surface area contributed by atoms with Gasteiger partial charge in [-0.05, 0) is 31.5 Å². The van der Waals surface area contributed by atoms with Crippen molar-refractivity contribution in [2.24, 2.45) is 0 Å². The van der Waals surface area contributed by atoms with Gasteiger partial charge in [0.2, 0.25) is 10.0 Å². The predicted molar refractivity (Wildman–Crippen MR) is 98.1 cm³/mol. The van der Waals surface area contributed by atoms with Crippen LogP contribution < -0.4 is 4.72 Å². The summed E-state index contributed by atoms with van der Waals surface area (Å²) in [6.07, 6.45) is 0. The van der Waals surface area contributed by atoms with Crippen LogP contribution in [0.4, 0.5) is 4.39 Å². The first-order chi connectivity index (χ1) is 12.9. The fourth-order valence-electron chi connectivity index (χ4n) is 3.22. The normalized spacial score (nSPS) is 17.1. The zero-order chi connectivity index (χ0) is 19.4. The van der Waals surface area contributed by atoms with Gasteiger partial charge in [-0.3, -0.25) is 4.90 Å². The zero-order valence-corrected chi connectivity index (χ0v) is 16.3. The van der Waals surface area contributed by atoms with Crippen molar-refractivity contribution < 1.29 is 22.1 Å². The molecular formula is C18H24FN3O4S. The number of morpholine rings is 1. The molecule has 1 aliphatic heterocycles. The van der Waals surface area contributed by atoms with Crippen molar-refractivity contribution in [3.8, 4) is 0 Å². The summed E-state index contributed by atoms with van der Waals surface area (Å²) in [5.74, 6) is -0.0512. The highest BCUT2D eigenvalue weighted by Crippen LogP contribution is 2.23. The lowest BCUT2D eigenvalue weighted by Gasteiger charge is -2.34. The number of aryl methyl sites for hydroxylation is 2. The monoisotopic (exact) mass is 397 g/mol. The minimum Gasteiger partial charge on any atom is -0.379 e. The van der Waals surface area contributed by atoms with Gasteiger partial charge in [0, 0.05) is 31.2 Å². The molecule has 0 aliphatic carbocycles. The Morgan fingerprint density at radius 1 is 1.30 bits per heavy atom. The third-order valence-corrected chi connectivity index (χ3v) is 6.01. The molecule has 2 aromatic rings. The fourth-order valence-corrected chi connectivity index (χ4v) is 4.52. The van der Waals surface area contributed by atoms with Gasteiger partial charge >= 0.3 is 0 Å². The van der Waals surface area contributed by atoms with Gasteiger partial charge in [-0.15, -0.1) is 0 Å². The van der Waals surface area contributed by atoms with E-state index in [1.165, 1.54) is 12.1 Å². The van der Waals surface area contributed by atoms with Crippen LogP contribution in [0.15, 0.2) is 28.8 Å². The first-order valence-corrected chi connectivity index (χ1v) is 10.5. The third kappa shape index (κ3) is 5.13. The van der Waals surface area contributed by atoms with Crippen molar-refractivity contribution in [2.45, 2.75) is 25.6 Å². The van der Waals surface area contributed by atoms with Crippen molar-refractivity contribution in [1.29, 1.82) is 0 Å². The summed E-state index contributed by atoms with van der Waals surface area (Å²) in [6, 6.07) is 6.00. The molecule has 1 fully saturated rings. The topological polar surface area (TPSA) is 84.7 Å². The minimum atomic E-state index is -3.60. The molecule has 0 spiro atoms. The number of halogens is 1. The molecule has 1 unspecified atom stereocenters. The number of rotatable bonds is 7. The summed E-state index contributed by atoms with van der Waals surface area (Å²) < 4.78 is 52.0. The second-order valence-electron chi connectivity index (χ2n) is 6.63. The Bertz CT molecular complexity index is 859. The van der Waals surface area contributed by atoms with E-state index < -0.39 is 10.0 Å². The molecule has 1 aromatic carbocycles. The second kappa shape index (κ2) is 8.47. The Kier molecular flexibility index (Phi) is 6.25. The van der Waals surface area contributed by atoms with E-state index in [0.29, 0.717) is 43.3 Å². The highest BCUT2D eigenvalue weighted by molar-refractivity contribution is 7.88. The molecule has 0 saturated carbocycles. The fraction of sp³-hybridized carbons (Fsp3) is 0.500. The summed E-state index contributed by atoms with van der Waals surface area (Å²) in [5, 5.41) is 3.80. The van der Waals surface area contributed by atoms with Crippen LogP contribution >= 0.6 is 0 Å². The summed E-state index contributed by atoms with van der Waals surface area (Å²) >= 11 is 0. The van der Waals surface area contributed by atoms with Gasteiger partial charge in [0.05, 0.1) is 24.7 Å². The van der Waals surface area contributed by atoms with E-state index in [2.05, 4.69) is 14.8 Å². The lowest BCUT2D eigenvalue weighted by atomic mass is 10.0. The molecule has 0 bridgehead atoms. The lowest BCUT2D eigenvalue weighted by molar-refractivity contribution is 0.0171. The molecule has 3 rings (SSSR count). The number of nitrogens with one attached hydrogen (secondary N) is 1. The highest BCUT2D eigenvalue weighted by Gasteiger charge is 2.26. The summed E-state index contributed by atoms with van der Waals surface area (Å²) in [4.78, 5) is 2.11. The Labute approximate surface area is 158 Å². The van der Waals surface area contributed by atoms with E-state index in [1.807, 2.05) is 6.07 Å². The van der Waals surface area contributed by atoms with Gasteiger partial charge in [0.25, 0.3) is 0 Å². The smallest absolute Gasteiger partial charge is 0.216 e. The van der Waals surface area contributed by atoms with Crippen molar-refractivity contribution in [3.63, 3.8) is 0 Å². The Morgan fingerprint density at radius 2 is 2.04 bits per heavy atom. The van der Waals surface area contributed by atoms with Gasteiger partial charge < -0.3 is 9.26 Å². The maximum absolute atomic E-state index is 13.7. The van der Waals surface area contributed by atoms with Gasteiger partial charge in [-0.1, -0.05) is 17.3 Å². The van der Waals surface area contributed by atoms with Crippen LogP contribution in [0.25, 0.3) is 0 Å². The molecule has 2 heterocycles. The molecule has 0 radical (unpaired) electrons. The maximum Gasteiger partial charge on any atom is 0.216 e. The average Bonchev–Trinajstić information content (AvgIpc) is 2.94. The molecule has 1 aliphatic rings. The van der Waals surface area contributed by atoms with E-state index in [1.54, 1.807) is 19.9 Å². The molecule has 1 N–H and O–H groups in total. The van der Waals surface area contributed by atoms with Gasteiger partial charge in [-0.2, -0.15) is 0 Å². The number of hydrogen-bond acceptors (Lipinski definition) is 6. The molecule has 1 saturated heterocycles. The number of hydrogen-bond donors (Lipinski definition) is 1. The van der Waals surface area contributed by atoms with Crippen LogP contribution in [0.5, 0.6) is 0 Å². The molecule has 1 atom stereocenters. The summed E-state index contributed by atoms with van der Waals surface area (Å²) in [7, 11) is -3.60. The Morgan fingerprint density at radius 3 is 2.67 bits per heavy atom. The van der Waals surface area contributed by atoms with E-state index >= 15 is 0 Å². The Hall–Kier alpha value is -1.81. The maximum atomic E-state index is 13.7. The van der Waals surface area contributed by atoms with Crippen LogP contribution in [-0.2, 0) is 20.5 Å². The van der Waals surface area contributed by atoms with E-state index in [9.17, 15) is 12.8 Å². The van der Waals surface area contributed by atoms with Crippen LogP contribution in [0.2, 0.25) is 0 Å². The molecule has 148 valence electrons. The lowest BCUT2D eigenvalue weighted by Crippen LogP contribution is -2.44. The number of sulfonamides is 1. The second-order valence-corrected chi connectivity index (χ2v) is 8.44. The third-order valence-electron chi connectivity index (χ3n) is 4.73. The first-order valence-electron chi connectivity index (χ1n) is 8.82. The van der Waals surface area contributed by atoms with Gasteiger partial charge in [0.1, 0.15) is 11.6 Å². The summed E-state index contributed by atoms with van der Waals surface area (Å²) in [6.45, 7) is 6.00. The van der Waals surface area contributed by atoms with Crippen molar-refractivity contribution in [2.75, 3.05) is 32.8 Å². The van der Waals surface area contributed by atoms with Crippen molar-refractivity contribution in [3.05, 3.63) is 52.7 Å². The SMILES string of the molecule is Cc1noc(C)c1CS(=O)(=O)NCC(c1cccc(F)c1)N1CCOCC1. The average molecular weight is 397 g/mol. The van der Waals surface area contributed by atoms with Crippen LogP contribution in [-0.4, -0.2) is 51.3 Å².